The Hall–Kier alpha value is -0.730. The SMILES string of the molecule is CCCC1CCN(C(=O)N2CCCCCC2)C1. The number of hydrogen-bond donors (Lipinski definition) is 0. The van der Waals surface area contributed by atoms with Crippen molar-refractivity contribution in [3.63, 3.8) is 0 Å². The predicted molar refractivity (Wildman–Crippen MR) is 70.0 cm³/mol. The van der Waals surface area contributed by atoms with Crippen molar-refractivity contribution in [1.29, 1.82) is 0 Å². The first kappa shape index (κ1) is 12.7. The summed E-state index contributed by atoms with van der Waals surface area (Å²) in [7, 11) is 0. The molecule has 0 spiro atoms. The van der Waals surface area contributed by atoms with Crippen molar-refractivity contribution in [2.45, 2.75) is 51.9 Å². The molecule has 2 aliphatic heterocycles. The molecule has 0 saturated carbocycles. The summed E-state index contributed by atoms with van der Waals surface area (Å²) < 4.78 is 0. The predicted octanol–water partition coefficient (Wildman–Crippen LogP) is 3.10. The molecule has 2 aliphatic rings. The molecule has 1 atom stereocenters. The van der Waals surface area contributed by atoms with E-state index in [0.29, 0.717) is 6.03 Å². The van der Waals surface area contributed by atoms with Crippen molar-refractivity contribution in [3.8, 4) is 0 Å². The Morgan fingerprint density at radius 1 is 1.06 bits per heavy atom. The third kappa shape index (κ3) is 3.36. The van der Waals surface area contributed by atoms with E-state index in [1.807, 2.05) is 0 Å². The molecule has 17 heavy (non-hydrogen) atoms. The minimum absolute atomic E-state index is 0.311. The fraction of sp³-hybridized carbons (Fsp3) is 0.929. The van der Waals surface area contributed by atoms with Crippen molar-refractivity contribution in [1.82, 2.24) is 9.80 Å². The molecule has 98 valence electrons. The second kappa shape index (κ2) is 6.27. The zero-order chi connectivity index (χ0) is 12.1. The molecule has 0 aliphatic carbocycles. The maximum absolute atomic E-state index is 12.4. The quantitative estimate of drug-likeness (QED) is 0.725. The summed E-state index contributed by atoms with van der Waals surface area (Å²) >= 11 is 0. The molecule has 2 rings (SSSR count). The van der Waals surface area contributed by atoms with Crippen molar-refractivity contribution in [3.05, 3.63) is 0 Å². The number of nitrogens with zero attached hydrogens (tertiary/aromatic N) is 2. The Bertz CT molecular complexity index is 247. The van der Waals surface area contributed by atoms with Crippen LogP contribution in [0.25, 0.3) is 0 Å². The zero-order valence-electron chi connectivity index (χ0n) is 11.2. The monoisotopic (exact) mass is 238 g/mol. The van der Waals surface area contributed by atoms with Crippen molar-refractivity contribution < 1.29 is 4.79 Å². The van der Waals surface area contributed by atoms with Crippen LogP contribution in [-0.2, 0) is 0 Å². The molecule has 3 heteroatoms. The first-order valence-electron chi connectivity index (χ1n) is 7.35. The van der Waals surface area contributed by atoms with E-state index in [-0.39, 0.29) is 0 Å². The summed E-state index contributed by atoms with van der Waals surface area (Å²) in [6, 6.07) is 0.311. The van der Waals surface area contributed by atoms with Crippen molar-refractivity contribution in [2.75, 3.05) is 26.2 Å². The summed E-state index contributed by atoms with van der Waals surface area (Å²) in [5.74, 6) is 0.760. The van der Waals surface area contributed by atoms with E-state index in [1.165, 1.54) is 44.9 Å². The minimum atomic E-state index is 0.311. The van der Waals surface area contributed by atoms with Crippen LogP contribution in [0, 0.1) is 5.92 Å². The molecule has 2 amide bonds. The summed E-state index contributed by atoms with van der Waals surface area (Å²) in [5.41, 5.74) is 0. The molecule has 1 unspecified atom stereocenters. The minimum Gasteiger partial charge on any atom is -0.325 e. The van der Waals surface area contributed by atoms with E-state index >= 15 is 0 Å². The van der Waals surface area contributed by atoms with E-state index in [2.05, 4.69) is 16.7 Å². The van der Waals surface area contributed by atoms with Gasteiger partial charge in [-0.1, -0.05) is 26.2 Å². The van der Waals surface area contributed by atoms with Gasteiger partial charge in [0.15, 0.2) is 0 Å². The zero-order valence-corrected chi connectivity index (χ0v) is 11.2. The average Bonchev–Trinajstić information content (AvgIpc) is 2.64. The third-order valence-electron chi connectivity index (χ3n) is 4.13. The molecule has 0 aromatic rings. The van der Waals surface area contributed by atoms with Gasteiger partial charge >= 0.3 is 6.03 Å². The van der Waals surface area contributed by atoms with Gasteiger partial charge in [0, 0.05) is 26.2 Å². The number of amides is 2. The van der Waals surface area contributed by atoms with Crippen LogP contribution in [0.3, 0.4) is 0 Å². The van der Waals surface area contributed by atoms with Crippen LogP contribution in [-0.4, -0.2) is 42.0 Å². The molecule has 0 radical (unpaired) electrons. The van der Waals surface area contributed by atoms with Crippen LogP contribution < -0.4 is 0 Å². The van der Waals surface area contributed by atoms with E-state index in [0.717, 1.165) is 32.1 Å². The van der Waals surface area contributed by atoms with Gasteiger partial charge in [-0.2, -0.15) is 0 Å². The number of urea groups is 1. The number of carbonyl (C=O) groups excluding carboxylic acids is 1. The Kier molecular flexibility index (Phi) is 4.69. The number of carbonyl (C=O) groups is 1. The van der Waals surface area contributed by atoms with Crippen LogP contribution in [0.5, 0.6) is 0 Å². The van der Waals surface area contributed by atoms with Gasteiger partial charge in [0.25, 0.3) is 0 Å². The molecule has 2 fully saturated rings. The third-order valence-corrected chi connectivity index (χ3v) is 4.13. The largest absolute Gasteiger partial charge is 0.325 e. The lowest BCUT2D eigenvalue weighted by Crippen LogP contribution is -2.42. The first-order valence-corrected chi connectivity index (χ1v) is 7.35. The lowest BCUT2D eigenvalue weighted by Gasteiger charge is -2.27. The first-order chi connectivity index (χ1) is 8.31. The van der Waals surface area contributed by atoms with E-state index in [1.54, 1.807) is 0 Å². The lowest BCUT2D eigenvalue weighted by molar-refractivity contribution is 0.162. The second-order valence-electron chi connectivity index (χ2n) is 5.57. The molecular weight excluding hydrogens is 212 g/mol. The molecule has 2 saturated heterocycles. The highest BCUT2D eigenvalue weighted by molar-refractivity contribution is 5.74. The summed E-state index contributed by atoms with van der Waals surface area (Å²) in [5, 5.41) is 0. The van der Waals surface area contributed by atoms with Gasteiger partial charge in [-0.05, 0) is 31.6 Å². The van der Waals surface area contributed by atoms with Gasteiger partial charge in [0.2, 0.25) is 0 Å². The summed E-state index contributed by atoms with van der Waals surface area (Å²) in [6.07, 6.45) is 8.72. The molecule has 0 aromatic heterocycles. The molecule has 3 nitrogen and oxygen atoms in total. The summed E-state index contributed by atoms with van der Waals surface area (Å²) in [6.45, 7) is 6.18. The van der Waals surface area contributed by atoms with Gasteiger partial charge < -0.3 is 9.80 Å². The normalized spacial score (nSPS) is 26.1. The Balaban J connectivity index is 1.83. The standard InChI is InChI=1S/C14H26N2O/c1-2-7-13-8-11-16(12-13)14(17)15-9-5-3-4-6-10-15/h13H,2-12H2,1H3. The fourth-order valence-electron chi connectivity index (χ4n) is 3.11. The summed E-state index contributed by atoms with van der Waals surface area (Å²) in [4.78, 5) is 16.5. The topological polar surface area (TPSA) is 23.6 Å². The van der Waals surface area contributed by atoms with Gasteiger partial charge in [0.05, 0.1) is 0 Å². The molecule has 0 N–H and O–H groups in total. The van der Waals surface area contributed by atoms with Gasteiger partial charge in [-0.25, -0.2) is 4.79 Å². The number of rotatable bonds is 2. The van der Waals surface area contributed by atoms with Crippen molar-refractivity contribution in [2.24, 2.45) is 5.92 Å². The van der Waals surface area contributed by atoms with Crippen molar-refractivity contribution >= 4 is 6.03 Å². The molecular formula is C14H26N2O. The van der Waals surface area contributed by atoms with Gasteiger partial charge in [-0.3, -0.25) is 0 Å². The Morgan fingerprint density at radius 2 is 1.76 bits per heavy atom. The van der Waals surface area contributed by atoms with Gasteiger partial charge in [0.1, 0.15) is 0 Å². The van der Waals surface area contributed by atoms with Crippen LogP contribution in [0.4, 0.5) is 4.79 Å². The van der Waals surface area contributed by atoms with Crippen LogP contribution in [0.1, 0.15) is 51.9 Å². The lowest BCUT2D eigenvalue weighted by atomic mass is 10.0. The second-order valence-corrected chi connectivity index (χ2v) is 5.57. The fourth-order valence-corrected chi connectivity index (χ4v) is 3.11. The smallest absolute Gasteiger partial charge is 0.320 e. The van der Waals surface area contributed by atoms with Crippen LogP contribution in [0.15, 0.2) is 0 Å². The van der Waals surface area contributed by atoms with Crippen LogP contribution >= 0.6 is 0 Å². The highest BCUT2D eigenvalue weighted by Crippen LogP contribution is 2.22. The van der Waals surface area contributed by atoms with E-state index < -0.39 is 0 Å². The molecule has 0 bridgehead atoms. The van der Waals surface area contributed by atoms with E-state index in [4.69, 9.17) is 0 Å². The maximum Gasteiger partial charge on any atom is 0.320 e. The number of hydrogen-bond acceptors (Lipinski definition) is 1. The van der Waals surface area contributed by atoms with Gasteiger partial charge in [-0.15, -0.1) is 0 Å². The Labute approximate surface area is 105 Å². The van der Waals surface area contributed by atoms with Crippen LogP contribution in [0.2, 0.25) is 0 Å². The highest BCUT2D eigenvalue weighted by atomic mass is 16.2. The Morgan fingerprint density at radius 3 is 2.41 bits per heavy atom. The molecule has 2 heterocycles. The van der Waals surface area contributed by atoms with E-state index in [9.17, 15) is 4.79 Å². The molecule has 0 aromatic carbocycles. The maximum atomic E-state index is 12.4. The average molecular weight is 238 g/mol. The number of likely N-dealkylation sites (tertiary alicyclic amines) is 2. The highest BCUT2D eigenvalue weighted by Gasteiger charge is 2.28.